The van der Waals surface area contributed by atoms with Gasteiger partial charge < -0.3 is 20.2 Å². The molecule has 1 aromatic heterocycles. The Hall–Kier alpha value is -2.21. The summed E-state index contributed by atoms with van der Waals surface area (Å²) < 4.78 is 0. The van der Waals surface area contributed by atoms with E-state index < -0.39 is 0 Å². The zero-order valence-corrected chi connectivity index (χ0v) is 20.2. The van der Waals surface area contributed by atoms with Crippen molar-refractivity contribution in [1.29, 1.82) is 0 Å². The molecule has 2 aromatic carbocycles. The van der Waals surface area contributed by atoms with Crippen molar-refractivity contribution in [2.75, 3.05) is 44.6 Å². The summed E-state index contributed by atoms with van der Waals surface area (Å²) in [4.78, 5) is 9.83. The smallest absolute Gasteiger partial charge is 0.0729 e. The van der Waals surface area contributed by atoms with Gasteiger partial charge in [-0.15, -0.1) is 0 Å². The molecule has 3 aliphatic rings. The van der Waals surface area contributed by atoms with E-state index in [1.807, 2.05) is 6.20 Å². The van der Waals surface area contributed by atoms with E-state index in [0.29, 0.717) is 17.9 Å². The summed E-state index contributed by atoms with van der Waals surface area (Å²) in [5, 5.41) is 19.0. The minimum Gasteiger partial charge on any atom is -0.392 e. The number of rotatable bonds is 6. The van der Waals surface area contributed by atoms with E-state index in [9.17, 15) is 5.11 Å². The first-order valence-corrected chi connectivity index (χ1v) is 13.4. The van der Waals surface area contributed by atoms with Crippen LogP contribution < -0.4 is 5.32 Å². The van der Waals surface area contributed by atoms with Crippen molar-refractivity contribution in [2.45, 2.75) is 50.7 Å². The Labute approximate surface area is 203 Å². The van der Waals surface area contributed by atoms with Crippen molar-refractivity contribution in [2.24, 2.45) is 11.8 Å². The molecule has 2 unspecified atom stereocenters. The molecule has 34 heavy (non-hydrogen) atoms. The predicted octanol–water partition coefficient (Wildman–Crippen LogP) is 4.75. The van der Waals surface area contributed by atoms with Crippen molar-refractivity contribution in [3.63, 3.8) is 0 Å². The largest absolute Gasteiger partial charge is 0.392 e. The standard InChI is InChI=1S/C29H38N4O/c34-29-23(19-32-11-3-4-12-32)15-25(16-24(29)20-33-13-5-6-14-33)31-27-9-10-30-28-18-22-8-2-1-7-21(22)17-26(27)28/h1-2,7-10,17-18,23-25,29,34H,3-6,11-16,19-20H2,(H,30,31). The number of benzene rings is 2. The topological polar surface area (TPSA) is 51.6 Å². The lowest BCUT2D eigenvalue weighted by molar-refractivity contribution is -0.0106. The molecule has 5 nitrogen and oxygen atoms in total. The van der Waals surface area contributed by atoms with Crippen molar-refractivity contribution in [3.8, 4) is 0 Å². The molecule has 2 aliphatic heterocycles. The number of nitrogens with one attached hydrogen (secondary N) is 1. The molecule has 1 saturated carbocycles. The van der Waals surface area contributed by atoms with Crippen molar-refractivity contribution < 1.29 is 5.11 Å². The summed E-state index contributed by atoms with van der Waals surface area (Å²) >= 11 is 0. The van der Waals surface area contributed by atoms with Gasteiger partial charge in [-0.05, 0) is 106 Å². The van der Waals surface area contributed by atoms with E-state index in [1.54, 1.807) is 0 Å². The Morgan fingerprint density at radius 2 is 1.41 bits per heavy atom. The monoisotopic (exact) mass is 458 g/mol. The van der Waals surface area contributed by atoms with Crippen LogP contribution in [0.1, 0.15) is 38.5 Å². The maximum Gasteiger partial charge on any atom is 0.0729 e. The Morgan fingerprint density at radius 3 is 2.03 bits per heavy atom. The van der Waals surface area contributed by atoms with Crippen LogP contribution in [0.15, 0.2) is 48.7 Å². The van der Waals surface area contributed by atoms with E-state index in [-0.39, 0.29) is 6.10 Å². The molecule has 3 fully saturated rings. The second-order valence-corrected chi connectivity index (χ2v) is 10.9. The third-order valence-electron chi connectivity index (χ3n) is 8.49. The number of hydrogen-bond acceptors (Lipinski definition) is 5. The van der Waals surface area contributed by atoms with Gasteiger partial charge >= 0.3 is 0 Å². The van der Waals surface area contributed by atoms with Crippen LogP contribution >= 0.6 is 0 Å². The fourth-order valence-corrected chi connectivity index (χ4v) is 6.75. The van der Waals surface area contributed by atoms with Crippen LogP contribution in [0.3, 0.4) is 0 Å². The van der Waals surface area contributed by atoms with Gasteiger partial charge in [0, 0.05) is 36.4 Å². The fourth-order valence-electron chi connectivity index (χ4n) is 6.75. The summed E-state index contributed by atoms with van der Waals surface area (Å²) in [5.41, 5.74) is 2.22. The van der Waals surface area contributed by atoms with Crippen LogP contribution in [0.5, 0.6) is 0 Å². The number of aromatic nitrogens is 1. The van der Waals surface area contributed by atoms with Crippen molar-refractivity contribution in [1.82, 2.24) is 14.8 Å². The predicted molar refractivity (Wildman–Crippen MR) is 140 cm³/mol. The first kappa shape index (κ1) is 22.3. The zero-order chi connectivity index (χ0) is 22.9. The molecule has 6 rings (SSSR count). The van der Waals surface area contributed by atoms with Gasteiger partial charge in [-0.2, -0.15) is 0 Å². The van der Waals surface area contributed by atoms with E-state index >= 15 is 0 Å². The molecule has 0 amide bonds. The highest BCUT2D eigenvalue weighted by molar-refractivity contribution is 6.01. The first-order valence-electron chi connectivity index (χ1n) is 13.4. The SMILES string of the molecule is OC1C(CN2CCCC2)CC(Nc2ccnc3cc4ccccc4cc23)CC1CN1CCCC1. The molecule has 2 N–H and O–H groups in total. The van der Waals surface area contributed by atoms with Gasteiger partial charge in [-0.3, -0.25) is 4.98 Å². The number of pyridine rings is 1. The van der Waals surface area contributed by atoms with Crippen LogP contribution in [0.2, 0.25) is 0 Å². The van der Waals surface area contributed by atoms with Crippen molar-refractivity contribution >= 4 is 27.4 Å². The average Bonchev–Trinajstić information content (AvgIpc) is 3.55. The van der Waals surface area contributed by atoms with Gasteiger partial charge in [0.1, 0.15) is 0 Å². The average molecular weight is 459 g/mol. The highest BCUT2D eigenvalue weighted by Crippen LogP contribution is 2.35. The third kappa shape index (κ3) is 4.66. The minimum absolute atomic E-state index is 0.197. The zero-order valence-electron chi connectivity index (χ0n) is 20.2. The molecule has 3 heterocycles. The quantitative estimate of drug-likeness (QED) is 0.522. The lowest BCUT2D eigenvalue weighted by Gasteiger charge is -2.42. The number of aliphatic hydroxyl groups is 1. The summed E-state index contributed by atoms with van der Waals surface area (Å²) in [6.07, 6.45) is 9.02. The molecular weight excluding hydrogens is 420 g/mol. The van der Waals surface area contributed by atoms with E-state index in [2.05, 4.69) is 62.6 Å². The second kappa shape index (κ2) is 9.80. The number of likely N-dealkylation sites (tertiary alicyclic amines) is 2. The molecule has 180 valence electrons. The maximum absolute atomic E-state index is 11.4. The van der Waals surface area contributed by atoms with E-state index in [1.165, 1.54) is 73.7 Å². The number of fused-ring (bicyclic) bond motifs is 2. The first-order chi connectivity index (χ1) is 16.7. The summed E-state index contributed by atoms with van der Waals surface area (Å²) in [7, 11) is 0. The highest BCUT2D eigenvalue weighted by atomic mass is 16.3. The summed E-state index contributed by atoms with van der Waals surface area (Å²) in [5.74, 6) is 0.678. The van der Waals surface area contributed by atoms with Gasteiger partial charge in [-0.25, -0.2) is 0 Å². The Balaban J connectivity index is 1.26. The minimum atomic E-state index is -0.197. The molecule has 0 spiro atoms. The van der Waals surface area contributed by atoms with Crippen LogP contribution in [0.25, 0.3) is 21.7 Å². The fraction of sp³-hybridized carbons (Fsp3) is 0.552. The van der Waals surface area contributed by atoms with Crippen LogP contribution in [0.4, 0.5) is 5.69 Å². The maximum atomic E-state index is 11.4. The normalized spacial score (nSPS) is 28.7. The van der Waals surface area contributed by atoms with Gasteiger partial charge in [-0.1, -0.05) is 24.3 Å². The second-order valence-electron chi connectivity index (χ2n) is 10.9. The van der Waals surface area contributed by atoms with Gasteiger partial charge in [0.25, 0.3) is 0 Å². The molecular formula is C29H38N4O. The molecule has 2 atom stereocenters. The number of hydrogen-bond donors (Lipinski definition) is 2. The van der Waals surface area contributed by atoms with Crippen molar-refractivity contribution in [3.05, 3.63) is 48.7 Å². The van der Waals surface area contributed by atoms with E-state index in [4.69, 9.17) is 0 Å². The Morgan fingerprint density at radius 1 is 0.824 bits per heavy atom. The molecule has 0 bridgehead atoms. The number of aliphatic hydroxyl groups excluding tert-OH is 1. The van der Waals surface area contributed by atoms with Crippen LogP contribution in [-0.2, 0) is 0 Å². The molecule has 3 aromatic rings. The van der Waals surface area contributed by atoms with Gasteiger partial charge in [0.05, 0.1) is 11.6 Å². The summed E-state index contributed by atoms with van der Waals surface area (Å²) in [6, 6.07) is 15.5. The number of anilines is 1. The Bertz CT molecular complexity index is 1090. The molecule has 0 radical (unpaired) electrons. The lowest BCUT2D eigenvalue weighted by atomic mass is 9.75. The van der Waals surface area contributed by atoms with Crippen LogP contribution in [-0.4, -0.2) is 71.3 Å². The molecule has 2 saturated heterocycles. The van der Waals surface area contributed by atoms with E-state index in [0.717, 1.165) is 31.4 Å². The highest BCUT2D eigenvalue weighted by Gasteiger charge is 2.39. The summed E-state index contributed by atoms with van der Waals surface area (Å²) in [6.45, 7) is 6.86. The lowest BCUT2D eigenvalue weighted by Crippen LogP contribution is -2.49. The molecule has 5 heteroatoms. The third-order valence-corrected chi connectivity index (χ3v) is 8.49. The van der Waals surface area contributed by atoms with Gasteiger partial charge in [0.15, 0.2) is 0 Å². The van der Waals surface area contributed by atoms with Crippen LogP contribution in [0, 0.1) is 11.8 Å². The van der Waals surface area contributed by atoms with Gasteiger partial charge in [0.2, 0.25) is 0 Å². The number of nitrogens with zero attached hydrogens (tertiary/aromatic N) is 3. The molecule has 1 aliphatic carbocycles. The Kier molecular flexibility index (Phi) is 6.42.